The first-order valence-electron chi connectivity index (χ1n) is 5.60. The van der Waals surface area contributed by atoms with Crippen molar-refractivity contribution in [2.75, 3.05) is 19.8 Å². The van der Waals surface area contributed by atoms with Gasteiger partial charge >= 0.3 is 5.97 Å². The van der Waals surface area contributed by atoms with E-state index in [1.165, 1.54) is 0 Å². The van der Waals surface area contributed by atoms with Crippen LogP contribution in [0, 0.1) is 11.8 Å². The molecule has 1 fully saturated rings. The molecule has 0 aliphatic carbocycles. The molecule has 1 aliphatic heterocycles. The van der Waals surface area contributed by atoms with Crippen LogP contribution in [0.2, 0.25) is 0 Å². The van der Waals surface area contributed by atoms with Gasteiger partial charge in [-0.3, -0.25) is 9.59 Å². The summed E-state index contributed by atoms with van der Waals surface area (Å²) in [5, 5.41) is 9.03. The fourth-order valence-corrected chi connectivity index (χ4v) is 1.97. The van der Waals surface area contributed by atoms with Gasteiger partial charge in [-0.2, -0.15) is 0 Å². The third-order valence-electron chi connectivity index (χ3n) is 2.89. The number of hydrogen-bond acceptors (Lipinski definition) is 3. The molecule has 92 valence electrons. The summed E-state index contributed by atoms with van der Waals surface area (Å²) >= 11 is 0. The van der Waals surface area contributed by atoms with E-state index in [2.05, 4.69) is 0 Å². The molecule has 2 atom stereocenters. The summed E-state index contributed by atoms with van der Waals surface area (Å²) in [7, 11) is 0. The standard InChI is InChI=1S/C11H19NO4/c1-4-12(10(13)7(2)3)9-6-16-5-8(9)11(14)15/h7-9H,4-6H2,1-3H3,(H,14,15). The Kier molecular flexibility index (Phi) is 4.29. The lowest BCUT2D eigenvalue weighted by molar-refractivity contribution is -0.145. The smallest absolute Gasteiger partial charge is 0.311 e. The molecule has 0 spiro atoms. The number of carboxylic acid groups (broad SMARTS) is 1. The number of amides is 1. The molecule has 0 radical (unpaired) electrons. The molecule has 1 N–H and O–H groups in total. The summed E-state index contributed by atoms with van der Waals surface area (Å²) in [5.74, 6) is -1.61. The number of rotatable bonds is 4. The van der Waals surface area contributed by atoms with Crippen molar-refractivity contribution in [2.24, 2.45) is 11.8 Å². The number of aliphatic carboxylic acids is 1. The molecule has 0 saturated carbocycles. The maximum atomic E-state index is 11.9. The zero-order valence-corrected chi connectivity index (χ0v) is 9.97. The number of carbonyl (C=O) groups is 2. The molecule has 5 nitrogen and oxygen atoms in total. The summed E-state index contributed by atoms with van der Waals surface area (Å²) in [5.41, 5.74) is 0. The zero-order chi connectivity index (χ0) is 12.3. The van der Waals surface area contributed by atoms with Gasteiger partial charge in [-0.15, -0.1) is 0 Å². The lowest BCUT2D eigenvalue weighted by atomic mass is 10.0. The van der Waals surface area contributed by atoms with Gasteiger partial charge in [0, 0.05) is 12.5 Å². The Morgan fingerprint density at radius 3 is 2.50 bits per heavy atom. The van der Waals surface area contributed by atoms with Crippen molar-refractivity contribution in [3.05, 3.63) is 0 Å². The summed E-state index contributed by atoms with van der Waals surface area (Å²) in [4.78, 5) is 24.5. The summed E-state index contributed by atoms with van der Waals surface area (Å²) in [6.07, 6.45) is 0. The van der Waals surface area contributed by atoms with E-state index in [0.29, 0.717) is 13.2 Å². The van der Waals surface area contributed by atoms with Crippen LogP contribution >= 0.6 is 0 Å². The molecular formula is C11H19NO4. The van der Waals surface area contributed by atoms with Crippen molar-refractivity contribution in [3.8, 4) is 0 Å². The second kappa shape index (κ2) is 5.30. The van der Waals surface area contributed by atoms with Crippen LogP contribution in [-0.2, 0) is 14.3 Å². The lowest BCUT2D eigenvalue weighted by Crippen LogP contribution is -2.47. The molecule has 1 saturated heterocycles. The van der Waals surface area contributed by atoms with Gasteiger partial charge in [-0.05, 0) is 6.92 Å². The molecular weight excluding hydrogens is 210 g/mol. The van der Waals surface area contributed by atoms with Crippen molar-refractivity contribution in [1.82, 2.24) is 4.90 Å². The fourth-order valence-electron chi connectivity index (χ4n) is 1.97. The maximum Gasteiger partial charge on any atom is 0.311 e. The minimum absolute atomic E-state index is 0.00995. The summed E-state index contributed by atoms with van der Waals surface area (Å²) in [6.45, 7) is 6.53. The molecule has 0 aromatic heterocycles. The molecule has 0 aromatic carbocycles. The molecule has 5 heteroatoms. The van der Waals surface area contributed by atoms with Crippen molar-refractivity contribution >= 4 is 11.9 Å². The minimum atomic E-state index is -0.891. The van der Waals surface area contributed by atoms with Crippen LogP contribution in [0.1, 0.15) is 20.8 Å². The highest BCUT2D eigenvalue weighted by Gasteiger charge is 2.39. The van der Waals surface area contributed by atoms with Crippen LogP contribution in [-0.4, -0.2) is 47.7 Å². The third-order valence-corrected chi connectivity index (χ3v) is 2.89. The first kappa shape index (κ1) is 13.0. The first-order chi connectivity index (χ1) is 7.49. The number of likely N-dealkylation sites (N-methyl/N-ethyl adjacent to an activating group) is 1. The van der Waals surface area contributed by atoms with E-state index in [0.717, 1.165) is 0 Å². The second-order valence-corrected chi connectivity index (χ2v) is 4.33. The Morgan fingerprint density at radius 1 is 1.44 bits per heavy atom. The molecule has 2 unspecified atom stereocenters. The Balaban J connectivity index is 2.79. The van der Waals surface area contributed by atoms with Gasteiger partial charge < -0.3 is 14.7 Å². The molecule has 1 aliphatic rings. The highest BCUT2D eigenvalue weighted by atomic mass is 16.5. The molecule has 1 amide bonds. The van der Waals surface area contributed by atoms with Gasteiger partial charge in [0.05, 0.1) is 19.3 Å². The van der Waals surface area contributed by atoms with Crippen LogP contribution < -0.4 is 0 Å². The quantitative estimate of drug-likeness (QED) is 0.766. The predicted molar refractivity (Wildman–Crippen MR) is 58.0 cm³/mol. The van der Waals surface area contributed by atoms with Crippen molar-refractivity contribution in [3.63, 3.8) is 0 Å². The zero-order valence-electron chi connectivity index (χ0n) is 9.97. The Morgan fingerprint density at radius 2 is 2.06 bits per heavy atom. The van der Waals surface area contributed by atoms with E-state index in [4.69, 9.17) is 9.84 Å². The molecule has 16 heavy (non-hydrogen) atoms. The van der Waals surface area contributed by atoms with Gasteiger partial charge in [-0.1, -0.05) is 13.8 Å². The summed E-state index contributed by atoms with van der Waals surface area (Å²) < 4.78 is 5.17. The fraction of sp³-hybridized carbons (Fsp3) is 0.818. The van der Waals surface area contributed by atoms with Gasteiger partial charge in [-0.25, -0.2) is 0 Å². The van der Waals surface area contributed by atoms with E-state index in [1.54, 1.807) is 4.90 Å². The number of hydrogen-bond donors (Lipinski definition) is 1. The lowest BCUT2D eigenvalue weighted by Gasteiger charge is -2.30. The van der Waals surface area contributed by atoms with Crippen LogP contribution in [0.5, 0.6) is 0 Å². The van der Waals surface area contributed by atoms with Crippen molar-refractivity contribution in [1.29, 1.82) is 0 Å². The van der Waals surface area contributed by atoms with Gasteiger partial charge in [0.1, 0.15) is 5.92 Å². The van der Waals surface area contributed by atoms with Gasteiger partial charge in [0.2, 0.25) is 5.91 Å². The normalized spacial score (nSPS) is 24.8. The van der Waals surface area contributed by atoms with E-state index >= 15 is 0 Å². The average molecular weight is 229 g/mol. The number of nitrogens with zero attached hydrogens (tertiary/aromatic N) is 1. The second-order valence-electron chi connectivity index (χ2n) is 4.33. The monoisotopic (exact) mass is 229 g/mol. The van der Waals surface area contributed by atoms with Crippen LogP contribution in [0.15, 0.2) is 0 Å². The molecule has 0 bridgehead atoms. The van der Waals surface area contributed by atoms with E-state index < -0.39 is 11.9 Å². The molecule has 1 rings (SSSR count). The van der Waals surface area contributed by atoms with Gasteiger partial charge in [0.15, 0.2) is 0 Å². The van der Waals surface area contributed by atoms with Crippen molar-refractivity contribution < 1.29 is 19.4 Å². The summed E-state index contributed by atoms with van der Waals surface area (Å²) in [6, 6.07) is -0.322. The van der Waals surface area contributed by atoms with E-state index in [9.17, 15) is 9.59 Å². The topological polar surface area (TPSA) is 66.8 Å². The highest BCUT2D eigenvalue weighted by molar-refractivity contribution is 5.80. The first-order valence-corrected chi connectivity index (χ1v) is 5.60. The SMILES string of the molecule is CCN(C(=O)C(C)C)C1COCC1C(=O)O. The number of carboxylic acids is 1. The third kappa shape index (κ3) is 2.52. The number of carbonyl (C=O) groups excluding carboxylic acids is 1. The Bertz CT molecular complexity index is 277. The maximum absolute atomic E-state index is 11.9. The van der Waals surface area contributed by atoms with E-state index in [-0.39, 0.29) is 24.5 Å². The number of ether oxygens (including phenoxy) is 1. The predicted octanol–water partition coefficient (Wildman–Crippen LogP) is 0.591. The molecule has 1 heterocycles. The van der Waals surface area contributed by atoms with Crippen LogP contribution in [0.4, 0.5) is 0 Å². The minimum Gasteiger partial charge on any atom is -0.481 e. The van der Waals surface area contributed by atoms with Crippen LogP contribution in [0.25, 0.3) is 0 Å². The van der Waals surface area contributed by atoms with Crippen LogP contribution in [0.3, 0.4) is 0 Å². The highest BCUT2D eigenvalue weighted by Crippen LogP contribution is 2.21. The Labute approximate surface area is 95.4 Å². The van der Waals surface area contributed by atoms with Crippen molar-refractivity contribution in [2.45, 2.75) is 26.8 Å². The largest absolute Gasteiger partial charge is 0.481 e. The molecule has 0 aromatic rings. The average Bonchev–Trinajstić information content (AvgIpc) is 2.67. The van der Waals surface area contributed by atoms with E-state index in [1.807, 2.05) is 20.8 Å². The Hall–Kier alpha value is -1.10. The van der Waals surface area contributed by atoms with Gasteiger partial charge in [0.25, 0.3) is 0 Å².